The summed E-state index contributed by atoms with van der Waals surface area (Å²) in [5.74, 6) is 0.208. The molecule has 2 aromatic heterocycles. The van der Waals surface area contributed by atoms with Crippen molar-refractivity contribution in [1.82, 2.24) is 19.6 Å². The molecule has 2 rings (SSSR count). The Bertz CT molecular complexity index is 683. The van der Waals surface area contributed by atoms with Gasteiger partial charge in [0.25, 0.3) is 5.16 Å². The van der Waals surface area contributed by atoms with Crippen LogP contribution in [0.3, 0.4) is 0 Å². The Balaban J connectivity index is 2.66. The molecule has 18 heavy (non-hydrogen) atoms. The van der Waals surface area contributed by atoms with Crippen molar-refractivity contribution < 1.29 is 13.5 Å². The second-order valence-electron chi connectivity index (χ2n) is 3.48. The number of halogens is 1. The van der Waals surface area contributed by atoms with E-state index >= 15 is 0 Å². The predicted molar refractivity (Wildman–Crippen MR) is 67.2 cm³/mol. The predicted octanol–water partition coefficient (Wildman–Crippen LogP) is -0.305. The number of fused-ring (bicyclic) bond motifs is 1. The highest BCUT2D eigenvalue weighted by atomic mass is 79.9. The summed E-state index contributed by atoms with van der Waals surface area (Å²) < 4.78 is 24.9. The maximum atomic E-state index is 11.5. The van der Waals surface area contributed by atoms with E-state index in [1.54, 1.807) is 0 Å². The van der Waals surface area contributed by atoms with E-state index in [0.717, 1.165) is 6.26 Å². The number of nitrogens with zero attached hydrogens (tertiary/aromatic N) is 4. The molecule has 0 atom stereocenters. The lowest BCUT2D eigenvalue weighted by Gasteiger charge is -2.07. The van der Waals surface area contributed by atoms with Crippen molar-refractivity contribution in [2.24, 2.45) is 0 Å². The highest BCUT2D eigenvalue weighted by Crippen LogP contribution is 2.19. The normalized spacial score (nSPS) is 11.9. The lowest BCUT2D eigenvalue weighted by atomic mass is 10.6. The Morgan fingerprint density at radius 1 is 1.50 bits per heavy atom. The fourth-order valence-electron chi connectivity index (χ4n) is 1.28. The number of aliphatic hydroxyl groups is 1. The molecule has 0 aliphatic heterocycles. The second kappa shape index (κ2) is 4.78. The lowest BCUT2D eigenvalue weighted by Crippen LogP contribution is -2.15. The van der Waals surface area contributed by atoms with Crippen LogP contribution in [0.5, 0.6) is 0 Å². The highest BCUT2D eigenvalue weighted by molar-refractivity contribution is 9.10. The third-order valence-electron chi connectivity index (χ3n) is 2.03. The van der Waals surface area contributed by atoms with Crippen LogP contribution >= 0.6 is 15.9 Å². The van der Waals surface area contributed by atoms with Gasteiger partial charge < -0.3 is 10.4 Å². The van der Waals surface area contributed by atoms with Crippen LogP contribution in [0.4, 0.5) is 5.95 Å². The van der Waals surface area contributed by atoms with E-state index in [4.69, 9.17) is 5.11 Å². The minimum absolute atomic E-state index is 0.109. The van der Waals surface area contributed by atoms with Gasteiger partial charge in [-0.1, -0.05) is 0 Å². The van der Waals surface area contributed by atoms with E-state index in [0.29, 0.717) is 10.1 Å². The molecule has 0 aromatic carbocycles. The van der Waals surface area contributed by atoms with Crippen LogP contribution < -0.4 is 5.32 Å². The van der Waals surface area contributed by atoms with E-state index in [2.05, 4.69) is 36.3 Å². The Morgan fingerprint density at radius 2 is 2.22 bits per heavy atom. The Kier molecular flexibility index (Phi) is 3.50. The van der Waals surface area contributed by atoms with Crippen LogP contribution in [0, 0.1) is 0 Å². The molecule has 0 fully saturated rings. The minimum Gasteiger partial charge on any atom is -0.395 e. The Hall–Kier alpha value is -1.26. The molecule has 0 radical (unpaired) electrons. The van der Waals surface area contributed by atoms with Crippen molar-refractivity contribution in [1.29, 1.82) is 0 Å². The first-order valence-corrected chi connectivity index (χ1v) is 7.58. The monoisotopic (exact) mass is 335 g/mol. The van der Waals surface area contributed by atoms with Gasteiger partial charge in [-0.2, -0.15) is 19.6 Å². The van der Waals surface area contributed by atoms with Crippen molar-refractivity contribution in [2.45, 2.75) is 5.16 Å². The molecule has 0 aliphatic rings. The van der Waals surface area contributed by atoms with Gasteiger partial charge in [0.2, 0.25) is 15.8 Å². The van der Waals surface area contributed by atoms with Crippen LogP contribution in [0.15, 0.2) is 15.8 Å². The van der Waals surface area contributed by atoms with Gasteiger partial charge in [-0.15, -0.1) is 0 Å². The number of sulfone groups is 1. The SMILES string of the molecule is CS(=O)(=O)c1nc(NCCO)n2ncc(Br)c2n1. The van der Waals surface area contributed by atoms with E-state index in [9.17, 15) is 8.42 Å². The Labute approximate surface area is 111 Å². The van der Waals surface area contributed by atoms with Crippen LogP contribution in [0.25, 0.3) is 5.65 Å². The smallest absolute Gasteiger partial charge is 0.252 e. The lowest BCUT2D eigenvalue weighted by molar-refractivity contribution is 0.310. The van der Waals surface area contributed by atoms with Crippen LogP contribution in [-0.4, -0.2) is 52.5 Å². The fourth-order valence-corrected chi connectivity index (χ4v) is 2.13. The maximum Gasteiger partial charge on any atom is 0.252 e. The number of hydrogen-bond donors (Lipinski definition) is 2. The number of rotatable bonds is 4. The zero-order valence-corrected chi connectivity index (χ0v) is 11.7. The van der Waals surface area contributed by atoms with Crippen molar-refractivity contribution in [3.05, 3.63) is 10.7 Å². The van der Waals surface area contributed by atoms with Crippen molar-refractivity contribution in [3.63, 3.8) is 0 Å². The summed E-state index contributed by atoms with van der Waals surface area (Å²) >= 11 is 3.22. The topological polar surface area (TPSA) is 109 Å². The van der Waals surface area contributed by atoms with Gasteiger partial charge >= 0.3 is 0 Å². The third kappa shape index (κ3) is 2.44. The number of anilines is 1. The largest absolute Gasteiger partial charge is 0.395 e. The summed E-state index contributed by atoms with van der Waals surface area (Å²) in [6.07, 6.45) is 2.51. The Morgan fingerprint density at radius 3 is 2.83 bits per heavy atom. The number of aliphatic hydroxyl groups excluding tert-OH is 1. The molecule has 0 bridgehead atoms. The molecule has 0 amide bonds. The zero-order chi connectivity index (χ0) is 13.3. The van der Waals surface area contributed by atoms with Gasteiger partial charge in [-0.3, -0.25) is 0 Å². The van der Waals surface area contributed by atoms with Gasteiger partial charge in [0, 0.05) is 12.8 Å². The standard InChI is InChI=1S/C8H10BrN5O3S/c1-18(16,17)8-12-6-5(9)4-11-14(6)7(13-8)10-2-3-15/h4,15H,2-3H2,1H3,(H,10,12,13). The van der Waals surface area contributed by atoms with Gasteiger partial charge in [0.05, 0.1) is 17.3 Å². The molecule has 0 aliphatic carbocycles. The van der Waals surface area contributed by atoms with E-state index in [1.165, 1.54) is 10.7 Å². The summed E-state index contributed by atoms with van der Waals surface area (Å²) in [7, 11) is -3.52. The van der Waals surface area contributed by atoms with Crippen molar-refractivity contribution in [3.8, 4) is 0 Å². The van der Waals surface area contributed by atoms with Crippen molar-refractivity contribution >= 4 is 37.4 Å². The zero-order valence-electron chi connectivity index (χ0n) is 9.33. The number of hydrogen-bond acceptors (Lipinski definition) is 7. The first-order chi connectivity index (χ1) is 8.43. The second-order valence-corrected chi connectivity index (χ2v) is 6.24. The molecule has 0 saturated carbocycles. The van der Waals surface area contributed by atoms with Crippen LogP contribution in [-0.2, 0) is 9.84 Å². The molecule has 2 heterocycles. The van der Waals surface area contributed by atoms with Gasteiger partial charge in [0.1, 0.15) is 0 Å². The van der Waals surface area contributed by atoms with Gasteiger partial charge in [-0.05, 0) is 15.9 Å². The molecular formula is C8H10BrN5O3S. The van der Waals surface area contributed by atoms with E-state index in [-0.39, 0.29) is 24.3 Å². The maximum absolute atomic E-state index is 11.5. The molecule has 0 unspecified atom stereocenters. The number of nitrogens with one attached hydrogen (secondary N) is 1. The van der Waals surface area contributed by atoms with Crippen LogP contribution in [0.1, 0.15) is 0 Å². The van der Waals surface area contributed by atoms with Crippen LogP contribution in [0.2, 0.25) is 0 Å². The summed E-state index contributed by atoms with van der Waals surface area (Å²) in [5.41, 5.74) is 0.339. The first-order valence-electron chi connectivity index (χ1n) is 4.89. The molecule has 98 valence electrons. The number of aromatic nitrogens is 4. The van der Waals surface area contributed by atoms with Gasteiger partial charge in [0.15, 0.2) is 5.65 Å². The molecule has 0 spiro atoms. The average molecular weight is 336 g/mol. The van der Waals surface area contributed by atoms with Gasteiger partial charge in [-0.25, -0.2) is 8.42 Å². The molecule has 2 N–H and O–H groups in total. The summed E-state index contributed by atoms with van der Waals surface area (Å²) in [6.45, 7) is 0.120. The molecule has 8 nitrogen and oxygen atoms in total. The third-order valence-corrected chi connectivity index (χ3v) is 3.44. The quantitative estimate of drug-likeness (QED) is 0.788. The average Bonchev–Trinajstić information content (AvgIpc) is 2.67. The molecule has 10 heteroatoms. The highest BCUT2D eigenvalue weighted by Gasteiger charge is 2.17. The fraction of sp³-hybridized carbons (Fsp3) is 0.375. The van der Waals surface area contributed by atoms with E-state index in [1.807, 2.05) is 0 Å². The van der Waals surface area contributed by atoms with E-state index < -0.39 is 9.84 Å². The molecular weight excluding hydrogens is 326 g/mol. The minimum atomic E-state index is -3.52. The summed E-state index contributed by atoms with van der Waals surface area (Å²) in [6, 6.07) is 0. The molecule has 2 aromatic rings. The summed E-state index contributed by atoms with van der Waals surface area (Å²) in [5, 5.41) is 15.3. The van der Waals surface area contributed by atoms with Crippen molar-refractivity contribution in [2.75, 3.05) is 24.7 Å². The summed E-state index contributed by atoms with van der Waals surface area (Å²) in [4.78, 5) is 7.81. The molecule has 0 saturated heterocycles. The first kappa shape index (κ1) is 13.2.